The number of rotatable bonds is 4. The van der Waals surface area contributed by atoms with Gasteiger partial charge in [-0.25, -0.2) is 4.98 Å². The number of nitrogens with zero attached hydrogens (tertiary/aromatic N) is 3. The van der Waals surface area contributed by atoms with E-state index < -0.39 is 12.6 Å². The Labute approximate surface area is 122 Å². The van der Waals surface area contributed by atoms with E-state index in [1.807, 2.05) is 12.3 Å². The lowest BCUT2D eigenvalue weighted by Gasteiger charge is -2.19. The molecule has 110 valence electrons. The van der Waals surface area contributed by atoms with E-state index in [-0.39, 0.29) is 6.54 Å². The number of aryl methyl sites for hydroxylation is 1. The average Bonchev–Trinajstić information content (AvgIpc) is 2.91. The lowest BCUT2D eigenvalue weighted by molar-refractivity contribution is -0.132. The highest BCUT2D eigenvalue weighted by atomic mass is 32.1. The van der Waals surface area contributed by atoms with Crippen molar-refractivity contribution >= 4 is 33.7 Å². The van der Waals surface area contributed by atoms with Crippen molar-refractivity contribution in [3.8, 4) is 11.3 Å². The van der Waals surface area contributed by atoms with Crippen LogP contribution in [-0.2, 0) is 0 Å². The molecule has 0 radical (unpaired) electrons. The lowest BCUT2D eigenvalue weighted by atomic mass is 10.2. The third-order valence-electron chi connectivity index (χ3n) is 2.65. The molecule has 2 N–H and O–H groups in total. The molecule has 9 heteroatoms. The molecule has 2 rings (SSSR count). The number of nitrogen functional groups attached to an aromatic ring is 1. The predicted octanol–water partition coefficient (Wildman–Crippen LogP) is 3.55. The van der Waals surface area contributed by atoms with Crippen molar-refractivity contribution in [2.24, 2.45) is 0 Å². The minimum atomic E-state index is -4.18. The second-order valence-electron chi connectivity index (χ2n) is 4.29. The van der Waals surface area contributed by atoms with Gasteiger partial charge in [-0.3, -0.25) is 0 Å². The minimum Gasteiger partial charge on any atom is -0.382 e. The smallest absolute Gasteiger partial charge is 0.382 e. The zero-order chi connectivity index (χ0) is 14.9. The first kappa shape index (κ1) is 15.0. The molecule has 20 heavy (non-hydrogen) atoms. The van der Waals surface area contributed by atoms with Gasteiger partial charge in [0.15, 0.2) is 0 Å². The van der Waals surface area contributed by atoms with Gasteiger partial charge in [0.1, 0.15) is 10.8 Å². The Balaban J connectivity index is 2.25. The molecule has 4 nitrogen and oxygen atoms in total. The second kappa shape index (κ2) is 5.57. The van der Waals surface area contributed by atoms with Crippen LogP contribution in [-0.4, -0.2) is 29.1 Å². The highest BCUT2D eigenvalue weighted by Crippen LogP contribution is 2.39. The molecule has 0 fully saturated rings. The summed E-state index contributed by atoms with van der Waals surface area (Å²) in [6.07, 6.45) is -5.06. The predicted molar refractivity (Wildman–Crippen MR) is 76.3 cm³/mol. The number of thiazole rings is 1. The van der Waals surface area contributed by atoms with Crippen LogP contribution in [0.15, 0.2) is 5.38 Å². The molecule has 0 aliphatic carbocycles. The molecule has 2 aromatic rings. The van der Waals surface area contributed by atoms with E-state index in [1.165, 1.54) is 16.2 Å². The maximum absolute atomic E-state index is 12.3. The normalized spacial score (nSPS) is 11.8. The van der Waals surface area contributed by atoms with Crippen LogP contribution < -0.4 is 10.6 Å². The second-order valence-corrected chi connectivity index (χ2v) is 6.10. The molecule has 0 saturated heterocycles. The van der Waals surface area contributed by atoms with Crippen molar-refractivity contribution in [1.29, 1.82) is 0 Å². The summed E-state index contributed by atoms with van der Waals surface area (Å²) in [4.78, 5) is 5.84. The van der Waals surface area contributed by atoms with Crippen molar-refractivity contribution in [2.45, 2.75) is 19.5 Å². The molecule has 0 aliphatic heterocycles. The van der Waals surface area contributed by atoms with Crippen LogP contribution in [0.25, 0.3) is 11.3 Å². The van der Waals surface area contributed by atoms with E-state index in [9.17, 15) is 13.2 Å². The first-order valence-electron chi connectivity index (χ1n) is 5.73. The molecule has 0 spiro atoms. The summed E-state index contributed by atoms with van der Waals surface area (Å²) in [7, 11) is 1.60. The third-order valence-corrected chi connectivity index (χ3v) is 4.40. The third kappa shape index (κ3) is 3.40. The van der Waals surface area contributed by atoms with Crippen molar-refractivity contribution in [2.75, 3.05) is 24.2 Å². The van der Waals surface area contributed by atoms with Gasteiger partial charge in [0.05, 0.1) is 22.7 Å². The van der Waals surface area contributed by atoms with Gasteiger partial charge < -0.3 is 10.6 Å². The topological polar surface area (TPSA) is 55.0 Å². The van der Waals surface area contributed by atoms with Crippen LogP contribution in [0.2, 0.25) is 0 Å². The summed E-state index contributed by atoms with van der Waals surface area (Å²) in [5.41, 5.74) is 7.09. The molecule has 0 aliphatic rings. The minimum absolute atomic E-state index is 0.138. The highest BCUT2D eigenvalue weighted by molar-refractivity contribution is 7.11. The van der Waals surface area contributed by atoms with Crippen molar-refractivity contribution in [3.63, 3.8) is 0 Å². The van der Waals surface area contributed by atoms with E-state index in [1.54, 1.807) is 7.05 Å². The fourth-order valence-electron chi connectivity index (χ4n) is 1.67. The summed E-state index contributed by atoms with van der Waals surface area (Å²) < 4.78 is 40.9. The number of hydrogen-bond donors (Lipinski definition) is 1. The van der Waals surface area contributed by atoms with Crippen LogP contribution in [0, 0.1) is 6.92 Å². The maximum atomic E-state index is 12.3. The van der Waals surface area contributed by atoms with Gasteiger partial charge in [-0.05, 0) is 18.5 Å². The number of anilines is 2. The fourth-order valence-corrected chi connectivity index (χ4v) is 3.08. The number of alkyl halides is 3. The summed E-state index contributed by atoms with van der Waals surface area (Å²) >= 11 is 2.55. The van der Waals surface area contributed by atoms with Crippen molar-refractivity contribution in [1.82, 2.24) is 9.36 Å². The van der Waals surface area contributed by atoms with Crippen LogP contribution in [0.4, 0.5) is 24.0 Å². The maximum Gasteiger partial charge on any atom is 0.390 e. The first-order chi connectivity index (χ1) is 9.28. The Morgan fingerprint density at radius 1 is 1.40 bits per heavy atom. The Bertz CT molecular complexity index is 591. The molecule has 2 aromatic heterocycles. The SMILES string of the molecule is Cc1nc(-c2c(N)nsc2N(C)CCC(F)(F)F)cs1. The van der Waals surface area contributed by atoms with E-state index in [4.69, 9.17) is 5.73 Å². The number of halogens is 3. The molecule has 0 aromatic carbocycles. The number of hydrogen-bond acceptors (Lipinski definition) is 6. The largest absolute Gasteiger partial charge is 0.390 e. The van der Waals surface area contributed by atoms with Gasteiger partial charge in [-0.1, -0.05) is 0 Å². The molecule has 0 amide bonds. The van der Waals surface area contributed by atoms with Crippen molar-refractivity contribution < 1.29 is 13.2 Å². The van der Waals surface area contributed by atoms with Gasteiger partial charge in [0.2, 0.25) is 0 Å². The van der Waals surface area contributed by atoms with Gasteiger partial charge in [0, 0.05) is 19.0 Å². The van der Waals surface area contributed by atoms with E-state index in [2.05, 4.69) is 9.36 Å². The van der Waals surface area contributed by atoms with Gasteiger partial charge in [-0.15, -0.1) is 11.3 Å². The average molecular weight is 322 g/mol. The number of aromatic nitrogens is 2. The van der Waals surface area contributed by atoms with E-state index in [0.717, 1.165) is 16.5 Å². The fraction of sp³-hybridized carbons (Fsp3) is 0.455. The molecular formula is C11H13F3N4S2. The van der Waals surface area contributed by atoms with E-state index in [0.29, 0.717) is 22.1 Å². The van der Waals surface area contributed by atoms with Crippen LogP contribution >= 0.6 is 22.9 Å². The first-order valence-corrected chi connectivity index (χ1v) is 7.39. The summed E-state index contributed by atoms with van der Waals surface area (Å²) in [6.45, 7) is 1.72. The van der Waals surface area contributed by atoms with Crippen LogP contribution in [0.3, 0.4) is 0 Å². The Kier molecular flexibility index (Phi) is 4.19. The summed E-state index contributed by atoms with van der Waals surface area (Å²) in [6, 6.07) is 0. The zero-order valence-corrected chi connectivity index (χ0v) is 12.5. The van der Waals surface area contributed by atoms with E-state index >= 15 is 0 Å². The van der Waals surface area contributed by atoms with Crippen LogP contribution in [0.5, 0.6) is 0 Å². The summed E-state index contributed by atoms with van der Waals surface area (Å²) in [5.74, 6) is 0.300. The van der Waals surface area contributed by atoms with Crippen LogP contribution in [0.1, 0.15) is 11.4 Å². The molecule has 0 saturated carbocycles. The molecule has 0 bridgehead atoms. The number of nitrogens with two attached hydrogens (primary N) is 1. The zero-order valence-electron chi connectivity index (χ0n) is 10.9. The summed E-state index contributed by atoms with van der Waals surface area (Å²) in [5, 5.41) is 3.31. The van der Waals surface area contributed by atoms with Gasteiger partial charge >= 0.3 is 6.18 Å². The van der Waals surface area contributed by atoms with Crippen molar-refractivity contribution in [3.05, 3.63) is 10.4 Å². The highest BCUT2D eigenvalue weighted by Gasteiger charge is 2.28. The van der Waals surface area contributed by atoms with Gasteiger partial charge in [0.25, 0.3) is 0 Å². The monoisotopic (exact) mass is 322 g/mol. The molecule has 2 heterocycles. The Morgan fingerprint density at radius 2 is 2.10 bits per heavy atom. The molecule has 0 atom stereocenters. The lowest BCUT2D eigenvalue weighted by Crippen LogP contribution is -2.23. The molecular weight excluding hydrogens is 309 g/mol. The Morgan fingerprint density at radius 3 is 2.65 bits per heavy atom. The quantitative estimate of drug-likeness (QED) is 0.935. The standard InChI is InChI=1S/C11H13F3N4S2/c1-6-16-7(5-19-6)8-9(15)17-20-10(8)18(2)4-3-11(12,13)14/h5H,3-4H2,1-2H3,(H2,15,17). The Hall–Kier alpha value is -1.35. The molecule has 0 unspecified atom stereocenters. The van der Waals surface area contributed by atoms with Gasteiger partial charge in [-0.2, -0.15) is 17.5 Å².